The molecular formula is C18H16N2O. The summed E-state index contributed by atoms with van der Waals surface area (Å²) in [6.45, 7) is 0.926. The zero-order valence-electron chi connectivity index (χ0n) is 11.6. The normalized spacial score (nSPS) is 17.6. The van der Waals surface area contributed by atoms with E-state index in [1.807, 2.05) is 30.6 Å². The molecule has 0 amide bonds. The highest BCUT2D eigenvalue weighted by Crippen LogP contribution is 2.32. The maximum absolute atomic E-state index is 9.66. The Hall–Kier alpha value is -2.39. The minimum Gasteiger partial charge on any atom is -0.508 e. The quantitative estimate of drug-likeness (QED) is 0.717. The van der Waals surface area contributed by atoms with Crippen molar-refractivity contribution in [2.45, 2.75) is 12.5 Å². The molecule has 3 aromatic rings. The Bertz CT molecular complexity index is 813. The lowest BCUT2D eigenvalue weighted by atomic mass is 9.89. The number of benzene rings is 2. The lowest BCUT2D eigenvalue weighted by molar-refractivity contribution is 0.471. The van der Waals surface area contributed by atoms with Crippen LogP contribution < -0.4 is 5.32 Å². The van der Waals surface area contributed by atoms with Crippen LogP contribution in [0.2, 0.25) is 0 Å². The van der Waals surface area contributed by atoms with Gasteiger partial charge in [-0.05, 0) is 52.8 Å². The zero-order valence-corrected chi connectivity index (χ0v) is 11.6. The van der Waals surface area contributed by atoms with E-state index in [-0.39, 0.29) is 6.04 Å². The van der Waals surface area contributed by atoms with Crippen LogP contribution in [-0.4, -0.2) is 16.6 Å². The molecule has 0 saturated carbocycles. The van der Waals surface area contributed by atoms with Crippen LogP contribution in [-0.2, 0) is 6.42 Å². The Morgan fingerprint density at radius 2 is 2.00 bits per heavy atom. The number of fused-ring (bicyclic) bond motifs is 2. The molecule has 1 aliphatic rings. The van der Waals surface area contributed by atoms with E-state index in [9.17, 15) is 5.11 Å². The minimum atomic E-state index is 0.187. The molecule has 2 aromatic carbocycles. The first-order chi connectivity index (χ1) is 10.3. The molecule has 0 bridgehead atoms. The SMILES string of the molecule is Oc1ccc2c(c1)CCNC2c1ccc2cnccc2c1. The van der Waals surface area contributed by atoms with Gasteiger partial charge in [0.05, 0.1) is 6.04 Å². The average molecular weight is 276 g/mol. The van der Waals surface area contributed by atoms with Crippen LogP contribution in [0.4, 0.5) is 0 Å². The third-order valence-electron chi connectivity index (χ3n) is 4.18. The van der Waals surface area contributed by atoms with Crippen molar-refractivity contribution in [3.05, 3.63) is 71.5 Å². The van der Waals surface area contributed by atoms with Gasteiger partial charge in [0.2, 0.25) is 0 Å². The molecule has 3 heteroatoms. The van der Waals surface area contributed by atoms with E-state index < -0.39 is 0 Å². The Balaban J connectivity index is 1.82. The van der Waals surface area contributed by atoms with Crippen LogP contribution in [0.15, 0.2) is 54.9 Å². The van der Waals surface area contributed by atoms with E-state index in [2.05, 4.69) is 28.5 Å². The second-order valence-corrected chi connectivity index (χ2v) is 5.50. The smallest absolute Gasteiger partial charge is 0.115 e. The Kier molecular flexibility index (Phi) is 2.86. The average Bonchev–Trinajstić information content (AvgIpc) is 2.53. The maximum atomic E-state index is 9.66. The van der Waals surface area contributed by atoms with E-state index in [4.69, 9.17) is 0 Å². The first-order valence-corrected chi connectivity index (χ1v) is 7.20. The molecule has 1 unspecified atom stereocenters. The first kappa shape index (κ1) is 12.4. The molecule has 2 N–H and O–H groups in total. The fourth-order valence-corrected chi connectivity index (χ4v) is 3.13. The Morgan fingerprint density at radius 1 is 1.05 bits per heavy atom. The fourth-order valence-electron chi connectivity index (χ4n) is 3.13. The number of pyridine rings is 1. The number of aromatic nitrogens is 1. The second kappa shape index (κ2) is 4.86. The molecule has 1 aliphatic heterocycles. The highest BCUT2D eigenvalue weighted by Gasteiger charge is 2.21. The third-order valence-corrected chi connectivity index (χ3v) is 4.18. The largest absolute Gasteiger partial charge is 0.508 e. The summed E-state index contributed by atoms with van der Waals surface area (Å²) < 4.78 is 0. The highest BCUT2D eigenvalue weighted by atomic mass is 16.3. The summed E-state index contributed by atoms with van der Waals surface area (Å²) in [5, 5.41) is 15.6. The van der Waals surface area contributed by atoms with E-state index in [1.54, 1.807) is 6.07 Å². The lowest BCUT2D eigenvalue weighted by Gasteiger charge is -2.27. The fraction of sp³-hybridized carbons (Fsp3) is 0.167. The molecule has 0 aliphatic carbocycles. The highest BCUT2D eigenvalue weighted by molar-refractivity contribution is 5.82. The molecule has 1 aromatic heterocycles. The van der Waals surface area contributed by atoms with Crippen LogP contribution in [0.5, 0.6) is 5.75 Å². The summed E-state index contributed by atoms with van der Waals surface area (Å²) in [7, 11) is 0. The van der Waals surface area contributed by atoms with E-state index >= 15 is 0 Å². The summed E-state index contributed by atoms with van der Waals surface area (Å²) in [6, 6.07) is 14.4. The van der Waals surface area contributed by atoms with E-state index in [1.165, 1.54) is 22.1 Å². The van der Waals surface area contributed by atoms with Gasteiger partial charge in [-0.2, -0.15) is 0 Å². The predicted octanol–water partition coefficient (Wildman–Crippen LogP) is 3.18. The standard InChI is InChI=1S/C18H16N2O/c21-16-3-4-17-13(10-16)6-8-20-18(17)14-1-2-15-11-19-7-5-12(15)9-14/h1-5,7,9-11,18,20-21H,6,8H2. The third kappa shape index (κ3) is 2.16. The molecule has 104 valence electrons. The number of hydrogen-bond acceptors (Lipinski definition) is 3. The Morgan fingerprint density at radius 3 is 2.95 bits per heavy atom. The van der Waals surface area contributed by atoms with Crippen molar-refractivity contribution in [2.75, 3.05) is 6.54 Å². The molecule has 4 rings (SSSR count). The molecule has 0 spiro atoms. The van der Waals surface area contributed by atoms with Crippen molar-refractivity contribution in [1.82, 2.24) is 10.3 Å². The van der Waals surface area contributed by atoms with Crippen LogP contribution in [0.3, 0.4) is 0 Å². The van der Waals surface area contributed by atoms with Gasteiger partial charge in [-0.1, -0.05) is 18.2 Å². The van der Waals surface area contributed by atoms with Crippen molar-refractivity contribution in [1.29, 1.82) is 0 Å². The lowest BCUT2D eigenvalue weighted by Crippen LogP contribution is -2.30. The van der Waals surface area contributed by atoms with Gasteiger partial charge in [-0.25, -0.2) is 0 Å². The van der Waals surface area contributed by atoms with Crippen LogP contribution in [0.1, 0.15) is 22.7 Å². The van der Waals surface area contributed by atoms with E-state index in [0.29, 0.717) is 5.75 Å². The molecule has 21 heavy (non-hydrogen) atoms. The number of phenolic OH excluding ortho intramolecular Hbond substituents is 1. The van der Waals surface area contributed by atoms with Crippen LogP contribution >= 0.6 is 0 Å². The monoisotopic (exact) mass is 276 g/mol. The van der Waals surface area contributed by atoms with Gasteiger partial charge in [-0.15, -0.1) is 0 Å². The second-order valence-electron chi connectivity index (χ2n) is 5.50. The number of rotatable bonds is 1. The van der Waals surface area contributed by atoms with Crippen molar-refractivity contribution in [2.24, 2.45) is 0 Å². The molecular weight excluding hydrogens is 260 g/mol. The number of aromatic hydroxyl groups is 1. The van der Waals surface area contributed by atoms with Gasteiger partial charge in [0.15, 0.2) is 0 Å². The van der Waals surface area contributed by atoms with Gasteiger partial charge < -0.3 is 10.4 Å². The maximum Gasteiger partial charge on any atom is 0.115 e. The van der Waals surface area contributed by atoms with Gasteiger partial charge in [-0.3, -0.25) is 4.98 Å². The van der Waals surface area contributed by atoms with Gasteiger partial charge in [0, 0.05) is 24.3 Å². The molecule has 0 saturated heterocycles. The molecule has 0 radical (unpaired) electrons. The predicted molar refractivity (Wildman–Crippen MR) is 83.4 cm³/mol. The van der Waals surface area contributed by atoms with Gasteiger partial charge in [0.25, 0.3) is 0 Å². The van der Waals surface area contributed by atoms with Crippen molar-refractivity contribution >= 4 is 10.8 Å². The van der Waals surface area contributed by atoms with E-state index in [0.717, 1.165) is 18.4 Å². The Labute approximate surface area is 123 Å². The number of nitrogens with zero attached hydrogens (tertiary/aromatic N) is 1. The first-order valence-electron chi connectivity index (χ1n) is 7.20. The van der Waals surface area contributed by atoms with Gasteiger partial charge in [0.1, 0.15) is 5.75 Å². The minimum absolute atomic E-state index is 0.187. The summed E-state index contributed by atoms with van der Waals surface area (Å²) in [5.41, 5.74) is 3.74. The molecule has 2 heterocycles. The summed E-state index contributed by atoms with van der Waals surface area (Å²) in [4.78, 5) is 4.16. The topological polar surface area (TPSA) is 45.1 Å². The van der Waals surface area contributed by atoms with Crippen LogP contribution in [0, 0.1) is 0 Å². The molecule has 0 fully saturated rings. The zero-order chi connectivity index (χ0) is 14.2. The van der Waals surface area contributed by atoms with Crippen LogP contribution in [0.25, 0.3) is 10.8 Å². The van der Waals surface area contributed by atoms with Crippen molar-refractivity contribution < 1.29 is 5.11 Å². The molecule has 3 nitrogen and oxygen atoms in total. The molecule has 1 atom stereocenters. The summed E-state index contributed by atoms with van der Waals surface area (Å²) in [6.07, 6.45) is 4.67. The number of hydrogen-bond donors (Lipinski definition) is 2. The number of phenols is 1. The van der Waals surface area contributed by atoms with Gasteiger partial charge >= 0.3 is 0 Å². The van der Waals surface area contributed by atoms with Crippen molar-refractivity contribution in [3.63, 3.8) is 0 Å². The number of nitrogens with one attached hydrogen (secondary N) is 1. The van der Waals surface area contributed by atoms with Crippen molar-refractivity contribution in [3.8, 4) is 5.75 Å². The summed E-state index contributed by atoms with van der Waals surface area (Å²) in [5.74, 6) is 0.346. The summed E-state index contributed by atoms with van der Waals surface area (Å²) >= 11 is 0.